The first-order valence-corrected chi connectivity index (χ1v) is 6.89. The van der Waals surface area contributed by atoms with Crippen molar-refractivity contribution in [3.05, 3.63) is 35.0 Å². The third-order valence-electron chi connectivity index (χ3n) is 3.01. The number of amidine groups is 1. The Morgan fingerprint density at radius 1 is 1.24 bits per heavy atom. The summed E-state index contributed by atoms with van der Waals surface area (Å²) in [5.41, 5.74) is 0. The van der Waals surface area contributed by atoms with Crippen LogP contribution in [0.25, 0.3) is 0 Å². The molecule has 0 N–H and O–H groups in total. The smallest absolute Gasteiger partial charge is 0.276 e. The van der Waals surface area contributed by atoms with E-state index in [1.54, 1.807) is 0 Å². The van der Waals surface area contributed by atoms with Crippen LogP contribution in [-0.2, 0) is 0 Å². The molecule has 92 valence electrons. The van der Waals surface area contributed by atoms with E-state index >= 15 is 0 Å². The molecule has 0 bridgehead atoms. The number of hydrogen-bond acceptors (Lipinski definition) is 2. The number of rotatable bonds is 5. The average molecular weight is 298 g/mol. The van der Waals surface area contributed by atoms with Gasteiger partial charge in [0.05, 0.1) is 19.3 Å². The minimum atomic E-state index is 0.758. The second-order valence-electron chi connectivity index (χ2n) is 4.34. The Hall–Kier alpha value is -0.870. The van der Waals surface area contributed by atoms with Gasteiger partial charge < -0.3 is 4.42 Å². The Kier molecular flexibility index (Phi) is 3.84. The van der Waals surface area contributed by atoms with Gasteiger partial charge in [-0.05, 0) is 40.9 Å². The van der Waals surface area contributed by atoms with Crippen molar-refractivity contribution in [1.29, 1.82) is 0 Å². The van der Waals surface area contributed by atoms with Gasteiger partial charge in [-0.2, -0.15) is 4.99 Å². The van der Waals surface area contributed by atoms with Gasteiger partial charge in [0.15, 0.2) is 4.67 Å². The molecule has 2 rings (SSSR count). The highest BCUT2D eigenvalue weighted by Crippen LogP contribution is 2.26. The van der Waals surface area contributed by atoms with E-state index in [0.29, 0.717) is 0 Å². The van der Waals surface area contributed by atoms with Gasteiger partial charge in [-0.3, -0.25) is 0 Å². The maximum absolute atomic E-state index is 5.65. The van der Waals surface area contributed by atoms with E-state index in [1.807, 2.05) is 18.3 Å². The Labute approximate surface area is 111 Å². The molecule has 0 spiro atoms. The van der Waals surface area contributed by atoms with Gasteiger partial charge in [-0.1, -0.05) is 13.8 Å². The largest absolute Gasteiger partial charge is 0.442 e. The van der Waals surface area contributed by atoms with Crippen LogP contribution >= 0.6 is 15.9 Å². The molecule has 0 aliphatic carbocycles. The minimum Gasteiger partial charge on any atom is -0.442 e. The van der Waals surface area contributed by atoms with Crippen LogP contribution in [0.4, 0.5) is 0 Å². The van der Waals surface area contributed by atoms with Crippen molar-refractivity contribution >= 4 is 21.8 Å². The van der Waals surface area contributed by atoms with E-state index in [-0.39, 0.29) is 0 Å². The standard InChI is InChI=1S/C13H18BrN2O/c1-3-8-16(9-4-2)10-7-15-13(16)11-5-6-12(14)17-11/h5-7,10H,3-4,8-9H2,1-2H3/q+1. The molecule has 3 nitrogen and oxygen atoms in total. The van der Waals surface area contributed by atoms with E-state index in [0.717, 1.165) is 46.7 Å². The predicted molar refractivity (Wildman–Crippen MR) is 72.7 cm³/mol. The number of aliphatic imine (C=N–C) groups is 1. The topological polar surface area (TPSA) is 25.5 Å². The molecule has 2 heterocycles. The SMILES string of the molecule is CCC[N+]1(CCC)C=CN=C1c1ccc(Br)o1. The van der Waals surface area contributed by atoms with Crippen molar-refractivity contribution in [2.24, 2.45) is 4.99 Å². The molecule has 0 saturated carbocycles. The number of furan rings is 1. The second-order valence-corrected chi connectivity index (χ2v) is 5.12. The molecule has 1 aliphatic heterocycles. The number of quaternary nitrogens is 1. The maximum Gasteiger partial charge on any atom is 0.276 e. The van der Waals surface area contributed by atoms with Gasteiger partial charge in [-0.25, -0.2) is 4.48 Å². The van der Waals surface area contributed by atoms with Crippen molar-refractivity contribution < 1.29 is 8.90 Å². The Balaban J connectivity index is 2.33. The molecule has 0 radical (unpaired) electrons. The van der Waals surface area contributed by atoms with Crippen molar-refractivity contribution in [3.63, 3.8) is 0 Å². The first-order chi connectivity index (χ1) is 8.22. The van der Waals surface area contributed by atoms with Gasteiger partial charge in [0, 0.05) is 0 Å². The van der Waals surface area contributed by atoms with Gasteiger partial charge in [-0.15, -0.1) is 0 Å². The summed E-state index contributed by atoms with van der Waals surface area (Å²) in [6, 6.07) is 3.90. The average Bonchev–Trinajstić information content (AvgIpc) is 2.86. The molecule has 4 heteroatoms. The molecule has 0 saturated heterocycles. The molecule has 1 aromatic rings. The molecule has 1 aromatic heterocycles. The van der Waals surface area contributed by atoms with Gasteiger partial charge in [0.25, 0.3) is 5.84 Å². The van der Waals surface area contributed by atoms with E-state index in [9.17, 15) is 0 Å². The first-order valence-electron chi connectivity index (χ1n) is 6.10. The quantitative estimate of drug-likeness (QED) is 0.757. The summed E-state index contributed by atoms with van der Waals surface area (Å²) >= 11 is 3.35. The van der Waals surface area contributed by atoms with Crippen LogP contribution in [0, 0.1) is 0 Å². The summed E-state index contributed by atoms with van der Waals surface area (Å²) in [5, 5.41) is 0. The van der Waals surface area contributed by atoms with Crippen molar-refractivity contribution in [1.82, 2.24) is 0 Å². The van der Waals surface area contributed by atoms with Crippen molar-refractivity contribution in [3.8, 4) is 0 Å². The fraction of sp³-hybridized carbons (Fsp3) is 0.462. The zero-order chi connectivity index (χ0) is 12.3. The number of halogens is 1. The molecule has 0 aromatic carbocycles. The van der Waals surface area contributed by atoms with Crippen molar-refractivity contribution in [2.75, 3.05) is 13.1 Å². The monoisotopic (exact) mass is 297 g/mol. The van der Waals surface area contributed by atoms with Crippen LogP contribution in [0.1, 0.15) is 32.4 Å². The Bertz CT molecular complexity index is 442. The van der Waals surface area contributed by atoms with Gasteiger partial charge >= 0.3 is 0 Å². The Morgan fingerprint density at radius 3 is 2.47 bits per heavy atom. The van der Waals surface area contributed by atoms with Crippen LogP contribution in [0.15, 0.2) is 38.6 Å². The summed E-state index contributed by atoms with van der Waals surface area (Å²) in [7, 11) is 0. The highest BCUT2D eigenvalue weighted by atomic mass is 79.9. The highest BCUT2D eigenvalue weighted by molar-refractivity contribution is 9.10. The van der Waals surface area contributed by atoms with Crippen LogP contribution in [0.3, 0.4) is 0 Å². The molecule has 0 amide bonds. The van der Waals surface area contributed by atoms with E-state index in [4.69, 9.17) is 4.42 Å². The molecule has 0 unspecified atom stereocenters. The normalized spacial score (nSPS) is 17.5. The zero-order valence-electron chi connectivity index (χ0n) is 10.3. The van der Waals surface area contributed by atoms with Gasteiger partial charge in [0.1, 0.15) is 6.20 Å². The van der Waals surface area contributed by atoms with E-state index < -0.39 is 0 Å². The van der Waals surface area contributed by atoms with Crippen molar-refractivity contribution in [2.45, 2.75) is 26.7 Å². The molecular formula is C13H18BrN2O+. The third kappa shape index (κ3) is 2.38. The molecule has 17 heavy (non-hydrogen) atoms. The van der Waals surface area contributed by atoms with E-state index in [1.165, 1.54) is 0 Å². The summed E-state index contributed by atoms with van der Waals surface area (Å²) in [4.78, 5) is 4.50. The fourth-order valence-corrected chi connectivity index (χ4v) is 2.71. The van der Waals surface area contributed by atoms with Crippen LogP contribution in [0.5, 0.6) is 0 Å². The lowest BCUT2D eigenvalue weighted by Gasteiger charge is -2.30. The zero-order valence-corrected chi connectivity index (χ0v) is 11.9. The summed E-state index contributed by atoms with van der Waals surface area (Å²) in [6.45, 7) is 6.55. The molecule has 0 atom stereocenters. The third-order valence-corrected chi connectivity index (χ3v) is 3.44. The maximum atomic E-state index is 5.65. The molecule has 1 aliphatic rings. The summed E-state index contributed by atoms with van der Waals surface area (Å²) < 4.78 is 7.22. The lowest BCUT2D eigenvalue weighted by molar-refractivity contribution is -0.786. The molecule has 0 fully saturated rings. The second kappa shape index (κ2) is 5.19. The minimum absolute atomic E-state index is 0.758. The van der Waals surface area contributed by atoms with Crippen LogP contribution in [-0.4, -0.2) is 23.4 Å². The number of hydrogen-bond donors (Lipinski definition) is 0. The lowest BCUT2D eigenvalue weighted by atomic mass is 10.2. The van der Waals surface area contributed by atoms with E-state index in [2.05, 4.69) is 41.0 Å². The van der Waals surface area contributed by atoms with Gasteiger partial charge in [0.2, 0.25) is 5.76 Å². The highest BCUT2D eigenvalue weighted by Gasteiger charge is 2.36. The lowest BCUT2D eigenvalue weighted by Crippen LogP contribution is -2.47. The first kappa shape index (κ1) is 12.6. The fourth-order valence-electron chi connectivity index (χ4n) is 2.41. The number of nitrogens with zero attached hydrogens (tertiary/aromatic N) is 2. The van der Waals surface area contributed by atoms with Crippen LogP contribution in [0.2, 0.25) is 0 Å². The van der Waals surface area contributed by atoms with Crippen LogP contribution < -0.4 is 0 Å². The summed E-state index contributed by atoms with van der Waals surface area (Å²) in [5.74, 6) is 1.89. The summed E-state index contributed by atoms with van der Waals surface area (Å²) in [6.07, 6.45) is 6.34. The Morgan fingerprint density at radius 2 is 1.94 bits per heavy atom. The molecular weight excluding hydrogens is 280 g/mol. The predicted octanol–water partition coefficient (Wildman–Crippen LogP) is 3.91.